The number of hydrogen-bond donors (Lipinski definition) is 2. The van der Waals surface area contributed by atoms with Crippen molar-refractivity contribution < 1.29 is 19.2 Å². The molecule has 0 spiro atoms. The zero-order valence-electron chi connectivity index (χ0n) is 24.7. The van der Waals surface area contributed by atoms with E-state index in [1.54, 1.807) is 24.3 Å². The fourth-order valence-electron chi connectivity index (χ4n) is 7.32. The molecular weight excluding hydrogens is 609 g/mol. The van der Waals surface area contributed by atoms with Crippen molar-refractivity contribution in [2.45, 2.75) is 36.6 Å². The Balaban J connectivity index is 1.16. The van der Waals surface area contributed by atoms with Gasteiger partial charge in [-0.05, 0) is 72.9 Å². The molecule has 1 aliphatic heterocycles. The Hall–Kier alpha value is -4.46. The third kappa shape index (κ3) is 4.10. The molecule has 1 saturated heterocycles. The van der Waals surface area contributed by atoms with E-state index in [1.807, 2.05) is 80.6 Å². The van der Waals surface area contributed by atoms with Crippen molar-refractivity contribution in [2.24, 2.45) is 11.8 Å². The van der Waals surface area contributed by atoms with E-state index < -0.39 is 45.3 Å². The molecule has 0 radical (unpaired) electrons. The normalized spacial score (nSPS) is 24.9. The Morgan fingerprint density at radius 2 is 1.27 bits per heavy atom. The van der Waals surface area contributed by atoms with Gasteiger partial charge in [0.1, 0.15) is 15.8 Å². The first-order valence-corrected chi connectivity index (χ1v) is 15.5. The number of anilines is 2. The molecule has 4 amide bonds. The van der Waals surface area contributed by atoms with Crippen LogP contribution in [0.1, 0.15) is 50.7 Å². The van der Waals surface area contributed by atoms with E-state index in [0.29, 0.717) is 39.2 Å². The molecule has 3 atom stereocenters. The quantitative estimate of drug-likeness (QED) is 0.193. The van der Waals surface area contributed by atoms with Gasteiger partial charge in [-0.1, -0.05) is 72.3 Å². The Morgan fingerprint density at radius 3 is 1.78 bits per heavy atom. The summed E-state index contributed by atoms with van der Waals surface area (Å²) in [7, 11) is 0. The summed E-state index contributed by atoms with van der Waals surface area (Å²) < 4.78 is 0. The Bertz CT molecular complexity index is 1830. The predicted octanol–water partition coefficient (Wildman–Crippen LogP) is 6.48. The fraction of sp³-hybridized carbons (Fsp3) is 0.222. The highest BCUT2D eigenvalue weighted by Gasteiger charge is 2.73. The summed E-state index contributed by atoms with van der Waals surface area (Å²) >= 11 is 15.0. The van der Waals surface area contributed by atoms with E-state index in [9.17, 15) is 19.2 Å². The van der Waals surface area contributed by atoms with Gasteiger partial charge in [-0.2, -0.15) is 0 Å². The number of alkyl halides is 2. The minimum atomic E-state index is -1.33. The maximum Gasteiger partial charge on any atom is 0.255 e. The minimum absolute atomic E-state index is 0.333. The summed E-state index contributed by atoms with van der Waals surface area (Å²) in [6.45, 7) is 5.40. The summed E-state index contributed by atoms with van der Waals surface area (Å²) in [5.41, 5.74) is 6.15. The number of nitrogens with one attached hydrogen (secondary N) is 2. The SMILES string of the molecule is Cc1ccc(NC(=O)c2cccc(NC(=O)[C@H](C)N3C(=O)[C@@H]4[C@H](C3=O)C3(Cl)c5ccccc5C4(Cl)c4ccccc43)c2)c(C)c1. The first kappa shape index (κ1) is 29.3. The molecule has 1 heterocycles. The van der Waals surface area contributed by atoms with Crippen LogP contribution < -0.4 is 10.6 Å². The number of halogens is 2. The van der Waals surface area contributed by atoms with Crippen LogP contribution in [0, 0.1) is 25.7 Å². The van der Waals surface area contributed by atoms with E-state index >= 15 is 0 Å². The Labute approximate surface area is 270 Å². The molecule has 4 aromatic carbocycles. The number of benzene rings is 4. The number of carbonyl (C=O) groups is 4. The lowest BCUT2D eigenvalue weighted by atomic mass is 9.54. The average molecular weight is 639 g/mol. The van der Waals surface area contributed by atoms with Gasteiger partial charge in [-0.15, -0.1) is 23.2 Å². The summed E-state index contributed by atoms with van der Waals surface area (Å²) in [5.74, 6) is -4.01. The van der Waals surface area contributed by atoms with Crippen LogP contribution in [0.3, 0.4) is 0 Å². The predicted molar refractivity (Wildman–Crippen MR) is 173 cm³/mol. The van der Waals surface area contributed by atoms with Crippen LogP contribution in [0.25, 0.3) is 0 Å². The monoisotopic (exact) mass is 637 g/mol. The molecular formula is C36H29Cl2N3O4. The molecule has 9 heteroatoms. The van der Waals surface area contributed by atoms with Crippen molar-refractivity contribution in [3.05, 3.63) is 130 Å². The van der Waals surface area contributed by atoms with Crippen molar-refractivity contribution in [1.29, 1.82) is 0 Å². The number of nitrogens with zero attached hydrogens (tertiary/aromatic N) is 1. The second-order valence-electron chi connectivity index (χ2n) is 12.0. The summed E-state index contributed by atoms with van der Waals surface area (Å²) in [6, 6.07) is 25.8. The zero-order valence-corrected chi connectivity index (χ0v) is 26.2. The van der Waals surface area contributed by atoms with E-state index in [2.05, 4.69) is 10.6 Å². The molecule has 45 heavy (non-hydrogen) atoms. The van der Waals surface area contributed by atoms with Gasteiger partial charge in [0.15, 0.2) is 0 Å². The van der Waals surface area contributed by atoms with Gasteiger partial charge in [0.05, 0.1) is 11.8 Å². The number of amides is 4. The van der Waals surface area contributed by atoms with E-state index in [1.165, 1.54) is 6.92 Å². The molecule has 0 unspecified atom stereocenters. The first-order chi connectivity index (χ1) is 21.5. The van der Waals surface area contributed by atoms with Gasteiger partial charge in [-0.3, -0.25) is 24.1 Å². The lowest BCUT2D eigenvalue weighted by Crippen LogP contribution is -2.57. The molecule has 226 valence electrons. The molecule has 8 rings (SSSR count). The smallest absolute Gasteiger partial charge is 0.255 e. The van der Waals surface area contributed by atoms with Crippen LogP contribution in [0.4, 0.5) is 11.4 Å². The Morgan fingerprint density at radius 1 is 0.733 bits per heavy atom. The standard InChI is InChI=1S/C36H29Cl2N3O4/c1-19-15-16-28(20(2)17-19)40-32(43)22-9-8-10-23(18-22)39-31(42)21(3)41-33(44)29-30(34(41)45)36(38)25-12-5-4-11-24(25)35(29,37)26-13-6-7-14-27(26)36/h4-18,21,29-30H,1-3H3,(H,39,42)(H,40,43)/t21-,29-,30+,35?,36?/m0/s1. The third-order valence-electron chi connectivity index (χ3n) is 9.41. The highest BCUT2D eigenvalue weighted by Crippen LogP contribution is 2.69. The number of carbonyl (C=O) groups excluding carboxylic acids is 4. The molecule has 0 aromatic heterocycles. The molecule has 2 N–H and O–H groups in total. The molecule has 2 bridgehead atoms. The summed E-state index contributed by atoms with van der Waals surface area (Å²) in [5, 5.41) is 5.68. The number of hydrogen-bond acceptors (Lipinski definition) is 4. The maximum absolute atomic E-state index is 14.2. The maximum atomic E-state index is 14.2. The van der Waals surface area contributed by atoms with Crippen LogP contribution in [-0.2, 0) is 24.1 Å². The van der Waals surface area contributed by atoms with Gasteiger partial charge >= 0.3 is 0 Å². The molecule has 4 aliphatic rings. The number of rotatable bonds is 5. The van der Waals surface area contributed by atoms with Crippen LogP contribution in [0.2, 0.25) is 0 Å². The van der Waals surface area contributed by atoms with Crippen molar-refractivity contribution in [1.82, 2.24) is 4.90 Å². The van der Waals surface area contributed by atoms with Crippen molar-refractivity contribution >= 4 is 58.2 Å². The Kier molecular flexibility index (Phi) is 6.69. The van der Waals surface area contributed by atoms with Crippen molar-refractivity contribution in [2.75, 3.05) is 10.6 Å². The van der Waals surface area contributed by atoms with E-state index in [-0.39, 0.29) is 5.91 Å². The highest BCUT2D eigenvalue weighted by atomic mass is 35.5. The lowest BCUT2D eigenvalue weighted by molar-refractivity contribution is -0.146. The molecule has 1 fully saturated rings. The van der Waals surface area contributed by atoms with Crippen LogP contribution >= 0.6 is 23.2 Å². The van der Waals surface area contributed by atoms with Gasteiger partial charge < -0.3 is 10.6 Å². The summed E-state index contributed by atoms with van der Waals surface area (Å²) in [4.78, 5) is 53.4. The molecule has 3 aliphatic carbocycles. The second-order valence-corrected chi connectivity index (χ2v) is 13.2. The van der Waals surface area contributed by atoms with Crippen LogP contribution in [0.5, 0.6) is 0 Å². The lowest BCUT2D eigenvalue weighted by Gasteiger charge is -2.54. The van der Waals surface area contributed by atoms with Gasteiger partial charge in [-0.25, -0.2) is 0 Å². The third-order valence-corrected chi connectivity index (χ3v) is 10.7. The second kappa shape index (κ2) is 10.3. The fourth-order valence-corrected chi connectivity index (χ4v) is 8.42. The van der Waals surface area contributed by atoms with Crippen molar-refractivity contribution in [3.8, 4) is 0 Å². The minimum Gasteiger partial charge on any atom is -0.324 e. The number of aryl methyl sites for hydroxylation is 2. The highest BCUT2D eigenvalue weighted by molar-refractivity contribution is 6.36. The van der Waals surface area contributed by atoms with Crippen LogP contribution in [0.15, 0.2) is 91.0 Å². The van der Waals surface area contributed by atoms with Gasteiger partial charge in [0.2, 0.25) is 17.7 Å². The van der Waals surface area contributed by atoms with E-state index in [0.717, 1.165) is 16.0 Å². The number of likely N-dealkylation sites (tertiary alicyclic amines) is 1. The number of imide groups is 1. The average Bonchev–Trinajstić information content (AvgIpc) is 3.31. The molecule has 4 aromatic rings. The van der Waals surface area contributed by atoms with Crippen molar-refractivity contribution in [3.63, 3.8) is 0 Å². The zero-order chi connectivity index (χ0) is 31.8. The summed E-state index contributed by atoms with van der Waals surface area (Å²) in [6.07, 6.45) is 0. The topological polar surface area (TPSA) is 95.6 Å². The largest absolute Gasteiger partial charge is 0.324 e. The molecule has 0 saturated carbocycles. The van der Waals surface area contributed by atoms with Crippen LogP contribution in [-0.4, -0.2) is 34.6 Å². The van der Waals surface area contributed by atoms with E-state index in [4.69, 9.17) is 23.2 Å². The van der Waals surface area contributed by atoms with Gasteiger partial charge in [0.25, 0.3) is 5.91 Å². The molecule has 7 nitrogen and oxygen atoms in total. The first-order valence-electron chi connectivity index (χ1n) is 14.7. The van der Waals surface area contributed by atoms with Gasteiger partial charge in [0, 0.05) is 16.9 Å².